The summed E-state index contributed by atoms with van der Waals surface area (Å²) in [5, 5.41) is 0. The Morgan fingerprint density at radius 3 is 1.75 bits per heavy atom. The smallest absolute Gasteiger partial charge is 0.302 e. The number of carbonyl (C=O) groups excluding carboxylic acids is 2. The molecule has 0 atom stereocenters. The van der Waals surface area contributed by atoms with Crippen molar-refractivity contribution in [3.05, 3.63) is 0 Å². The van der Waals surface area contributed by atoms with Gasteiger partial charge in [0.2, 0.25) is 0 Å². The average molecular weight is 236 g/mol. The number of rotatable bonds is 4. The van der Waals surface area contributed by atoms with Crippen molar-refractivity contribution in [1.29, 1.82) is 0 Å². The molecule has 0 N–H and O–H groups in total. The summed E-state index contributed by atoms with van der Waals surface area (Å²) in [6, 6.07) is 0. The van der Waals surface area contributed by atoms with E-state index in [0.717, 1.165) is 0 Å². The standard InChI is InChI=1S/C5H10O3.C5H10O2.CH4/c1-5(6)8-4-3-7-2;1-4(2)7-5(3)6;/h3-4H2,1-2H3;4H,1-3H3;1H4. The van der Waals surface area contributed by atoms with Crippen molar-refractivity contribution < 1.29 is 23.8 Å². The van der Waals surface area contributed by atoms with Crippen LogP contribution < -0.4 is 0 Å². The first-order valence-electron chi connectivity index (χ1n) is 4.69. The molecule has 0 saturated heterocycles. The van der Waals surface area contributed by atoms with Crippen LogP contribution in [0.5, 0.6) is 0 Å². The Hall–Kier alpha value is -1.10. The van der Waals surface area contributed by atoms with Crippen LogP contribution in [-0.2, 0) is 23.8 Å². The van der Waals surface area contributed by atoms with Crippen molar-refractivity contribution in [1.82, 2.24) is 0 Å². The second kappa shape index (κ2) is 13.9. The summed E-state index contributed by atoms with van der Waals surface area (Å²) >= 11 is 0. The molecule has 0 amide bonds. The SMILES string of the molecule is C.CC(=O)OC(C)C.COCCOC(C)=O. The molecule has 0 unspecified atom stereocenters. The van der Waals surface area contributed by atoms with Gasteiger partial charge >= 0.3 is 11.9 Å². The zero-order valence-corrected chi connectivity index (χ0v) is 10.0. The van der Waals surface area contributed by atoms with Gasteiger partial charge in [-0.15, -0.1) is 0 Å². The molecule has 0 rings (SSSR count). The van der Waals surface area contributed by atoms with E-state index in [2.05, 4.69) is 14.2 Å². The second-order valence-electron chi connectivity index (χ2n) is 2.99. The fraction of sp³-hybridized carbons (Fsp3) is 0.818. The number of carbonyl (C=O) groups is 2. The maximum Gasteiger partial charge on any atom is 0.302 e. The summed E-state index contributed by atoms with van der Waals surface area (Å²) in [4.78, 5) is 20.1. The Kier molecular flexibility index (Phi) is 17.7. The van der Waals surface area contributed by atoms with Crippen LogP contribution in [0.15, 0.2) is 0 Å². The monoisotopic (exact) mass is 236 g/mol. The lowest BCUT2D eigenvalue weighted by atomic mass is 10.5. The lowest BCUT2D eigenvalue weighted by Crippen LogP contribution is -2.06. The maximum atomic E-state index is 10.0. The third-order valence-electron chi connectivity index (χ3n) is 0.994. The van der Waals surface area contributed by atoms with Crippen molar-refractivity contribution >= 4 is 11.9 Å². The zero-order chi connectivity index (χ0) is 12.3. The Balaban J connectivity index is -0.000000200. The van der Waals surface area contributed by atoms with Crippen LogP contribution in [0.2, 0.25) is 0 Å². The first-order chi connectivity index (χ1) is 6.90. The fourth-order valence-corrected chi connectivity index (χ4v) is 0.601. The Morgan fingerprint density at radius 2 is 1.56 bits per heavy atom. The van der Waals surface area contributed by atoms with E-state index in [1.165, 1.54) is 13.8 Å². The summed E-state index contributed by atoms with van der Waals surface area (Å²) in [5.74, 6) is -0.475. The summed E-state index contributed by atoms with van der Waals surface area (Å²) in [5.41, 5.74) is 0. The average Bonchev–Trinajstić information content (AvgIpc) is 2.02. The molecule has 5 heteroatoms. The van der Waals surface area contributed by atoms with E-state index in [1.54, 1.807) is 7.11 Å². The highest BCUT2D eigenvalue weighted by Gasteiger charge is 1.93. The topological polar surface area (TPSA) is 61.8 Å². The van der Waals surface area contributed by atoms with Gasteiger partial charge in [-0.1, -0.05) is 7.43 Å². The van der Waals surface area contributed by atoms with Gasteiger partial charge in [0, 0.05) is 21.0 Å². The van der Waals surface area contributed by atoms with E-state index in [0.29, 0.717) is 13.2 Å². The van der Waals surface area contributed by atoms with Crippen molar-refractivity contribution in [2.75, 3.05) is 20.3 Å². The largest absolute Gasteiger partial charge is 0.463 e. The molecule has 16 heavy (non-hydrogen) atoms. The highest BCUT2D eigenvalue weighted by molar-refractivity contribution is 5.66. The van der Waals surface area contributed by atoms with E-state index in [1.807, 2.05) is 13.8 Å². The summed E-state index contributed by atoms with van der Waals surface area (Å²) in [6.45, 7) is 7.24. The molecule has 0 aliphatic rings. The summed E-state index contributed by atoms with van der Waals surface area (Å²) < 4.78 is 13.7. The normalized spacial score (nSPS) is 8.38. The molecule has 0 radical (unpaired) electrons. The van der Waals surface area contributed by atoms with Gasteiger partial charge in [-0.05, 0) is 13.8 Å². The Bertz CT molecular complexity index is 177. The van der Waals surface area contributed by atoms with Gasteiger partial charge in [0.25, 0.3) is 0 Å². The number of esters is 2. The zero-order valence-electron chi connectivity index (χ0n) is 10.0. The molecule has 0 bridgehead atoms. The quantitative estimate of drug-likeness (QED) is 0.550. The Morgan fingerprint density at radius 1 is 1.06 bits per heavy atom. The van der Waals surface area contributed by atoms with Crippen molar-refractivity contribution in [2.45, 2.75) is 41.2 Å². The van der Waals surface area contributed by atoms with Crippen molar-refractivity contribution in [3.8, 4) is 0 Å². The van der Waals surface area contributed by atoms with Crippen molar-refractivity contribution in [2.24, 2.45) is 0 Å². The minimum Gasteiger partial charge on any atom is -0.463 e. The minimum absolute atomic E-state index is 0. The van der Waals surface area contributed by atoms with E-state index < -0.39 is 0 Å². The lowest BCUT2D eigenvalue weighted by Gasteiger charge is -2.01. The van der Waals surface area contributed by atoms with E-state index >= 15 is 0 Å². The van der Waals surface area contributed by atoms with Gasteiger partial charge in [0.15, 0.2) is 0 Å². The molecule has 0 fully saturated rings. The van der Waals surface area contributed by atoms with Gasteiger partial charge in [0.1, 0.15) is 6.61 Å². The number of hydrogen-bond donors (Lipinski definition) is 0. The molecule has 0 aromatic carbocycles. The predicted molar refractivity (Wildman–Crippen MR) is 62.1 cm³/mol. The first-order valence-corrected chi connectivity index (χ1v) is 4.69. The van der Waals surface area contributed by atoms with Crippen molar-refractivity contribution in [3.63, 3.8) is 0 Å². The second-order valence-corrected chi connectivity index (χ2v) is 2.99. The third kappa shape index (κ3) is 29.3. The number of ether oxygens (including phenoxy) is 3. The first kappa shape index (κ1) is 20.3. The molecule has 0 aromatic rings. The molecular formula is C11H24O5. The van der Waals surface area contributed by atoms with Crippen LogP contribution in [-0.4, -0.2) is 38.4 Å². The summed E-state index contributed by atoms with van der Waals surface area (Å²) in [6.07, 6.45) is 0.0255. The van der Waals surface area contributed by atoms with E-state index in [9.17, 15) is 9.59 Å². The van der Waals surface area contributed by atoms with Crippen LogP contribution in [0.25, 0.3) is 0 Å². The molecule has 0 saturated carbocycles. The van der Waals surface area contributed by atoms with Crippen LogP contribution in [0.1, 0.15) is 35.1 Å². The Labute approximate surface area is 98.1 Å². The van der Waals surface area contributed by atoms with E-state index in [-0.39, 0.29) is 25.5 Å². The highest BCUT2D eigenvalue weighted by Crippen LogP contribution is 1.85. The van der Waals surface area contributed by atoms with Gasteiger partial charge < -0.3 is 14.2 Å². The molecular weight excluding hydrogens is 212 g/mol. The van der Waals surface area contributed by atoms with Gasteiger partial charge in [-0.2, -0.15) is 0 Å². The van der Waals surface area contributed by atoms with Crippen LogP contribution in [0.4, 0.5) is 0 Å². The maximum absolute atomic E-state index is 10.0. The van der Waals surface area contributed by atoms with Crippen LogP contribution in [0.3, 0.4) is 0 Å². The predicted octanol–water partition coefficient (Wildman–Crippen LogP) is 1.79. The summed E-state index contributed by atoms with van der Waals surface area (Å²) in [7, 11) is 1.56. The molecule has 0 aliphatic carbocycles. The van der Waals surface area contributed by atoms with E-state index in [4.69, 9.17) is 0 Å². The number of hydrogen-bond acceptors (Lipinski definition) is 5. The third-order valence-corrected chi connectivity index (χ3v) is 0.994. The molecule has 98 valence electrons. The molecule has 5 nitrogen and oxygen atoms in total. The van der Waals surface area contributed by atoms with Crippen LogP contribution in [0, 0.1) is 0 Å². The van der Waals surface area contributed by atoms with Gasteiger partial charge in [-0.25, -0.2) is 0 Å². The molecule has 0 spiro atoms. The number of methoxy groups -OCH3 is 1. The molecule has 0 heterocycles. The lowest BCUT2D eigenvalue weighted by molar-refractivity contribution is -0.144. The highest BCUT2D eigenvalue weighted by atomic mass is 16.6. The molecule has 0 aliphatic heterocycles. The van der Waals surface area contributed by atoms with Gasteiger partial charge in [-0.3, -0.25) is 9.59 Å². The fourth-order valence-electron chi connectivity index (χ4n) is 0.601. The minimum atomic E-state index is -0.262. The van der Waals surface area contributed by atoms with Gasteiger partial charge in [0.05, 0.1) is 12.7 Å². The molecule has 0 aromatic heterocycles. The van der Waals surface area contributed by atoms with Crippen LogP contribution >= 0.6 is 0 Å².